The van der Waals surface area contributed by atoms with Gasteiger partial charge in [-0.1, -0.05) is 37.1 Å². The zero-order valence-electron chi connectivity index (χ0n) is 17.8. The number of hydrogen-bond acceptors (Lipinski definition) is 6. The van der Waals surface area contributed by atoms with Crippen molar-refractivity contribution in [2.45, 2.75) is 80.9 Å². The fourth-order valence-electron chi connectivity index (χ4n) is 3.89. The summed E-state index contributed by atoms with van der Waals surface area (Å²) in [5.74, 6) is 1.83. The number of carbonyl (C=O) groups is 1. The second-order valence-corrected chi connectivity index (χ2v) is 9.50. The monoisotopic (exact) mass is 429 g/mol. The molecule has 0 saturated heterocycles. The maximum atomic E-state index is 12.4. The molecular weight excluding hydrogens is 398 g/mol. The summed E-state index contributed by atoms with van der Waals surface area (Å²) in [7, 11) is 1.67. The van der Waals surface area contributed by atoms with Gasteiger partial charge in [0.15, 0.2) is 11.0 Å². The number of carbonyl (C=O) groups excluding carboxylic acids is 1. The van der Waals surface area contributed by atoms with Crippen LogP contribution in [0.1, 0.15) is 63.7 Å². The van der Waals surface area contributed by atoms with E-state index in [1.807, 2.05) is 31.2 Å². The number of benzene rings is 1. The molecule has 8 heteroatoms. The number of methoxy groups -OCH3 is 1. The van der Waals surface area contributed by atoms with E-state index in [9.17, 15) is 4.79 Å². The van der Waals surface area contributed by atoms with Crippen molar-refractivity contribution in [1.29, 1.82) is 0 Å². The molecule has 7 nitrogen and oxygen atoms in total. The predicted molar refractivity (Wildman–Crippen MR) is 119 cm³/mol. The SMILES string of the molecule is COc1cccc(NCc2nnc(SC(C)C(=O)NC3CC3)n2C2CCCCC2)c1. The van der Waals surface area contributed by atoms with Gasteiger partial charge in [-0.25, -0.2) is 0 Å². The van der Waals surface area contributed by atoms with Crippen LogP contribution in [0.3, 0.4) is 0 Å². The molecule has 0 radical (unpaired) electrons. The average molecular weight is 430 g/mol. The Labute approximate surface area is 182 Å². The van der Waals surface area contributed by atoms with Gasteiger partial charge in [0.1, 0.15) is 5.75 Å². The van der Waals surface area contributed by atoms with E-state index in [1.165, 1.54) is 31.0 Å². The second kappa shape index (κ2) is 9.73. The number of amides is 1. The first-order valence-corrected chi connectivity index (χ1v) is 11.8. The highest BCUT2D eigenvalue weighted by atomic mass is 32.2. The molecule has 4 rings (SSSR count). The van der Waals surface area contributed by atoms with E-state index in [0.717, 1.165) is 48.1 Å². The Bertz CT molecular complexity index is 861. The van der Waals surface area contributed by atoms with Crippen LogP contribution in [0.15, 0.2) is 29.4 Å². The molecule has 1 aromatic carbocycles. The van der Waals surface area contributed by atoms with E-state index in [0.29, 0.717) is 18.6 Å². The number of anilines is 1. The van der Waals surface area contributed by atoms with E-state index in [2.05, 4.69) is 25.4 Å². The van der Waals surface area contributed by atoms with Crippen LogP contribution in [-0.2, 0) is 11.3 Å². The summed E-state index contributed by atoms with van der Waals surface area (Å²) in [5, 5.41) is 16.2. The summed E-state index contributed by atoms with van der Waals surface area (Å²) < 4.78 is 7.59. The van der Waals surface area contributed by atoms with Gasteiger partial charge in [0.2, 0.25) is 5.91 Å². The zero-order chi connectivity index (χ0) is 20.9. The lowest BCUT2D eigenvalue weighted by molar-refractivity contribution is -0.120. The highest BCUT2D eigenvalue weighted by molar-refractivity contribution is 8.00. The molecule has 162 valence electrons. The van der Waals surface area contributed by atoms with Crippen molar-refractivity contribution in [2.75, 3.05) is 12.4 Å². The van der Waals surface area contributed by atoms with E-state index in [1.54, 1.807) is 7.11 Å². The number of nitrogens with zero attached hydrogens (tertiary/aromatic N) is 3. The first-order valence-electron chi connectivity index (χ1n) is 10.9. The van der Waals surface area contributed by atoms with Gasteiger partial charge >= 0.3 is 0 Å². The average Bonchev–Trinajstić information content (AvgIpc) is 3.51. The minimum Gasteiger partial charge on any atom is -0.497 e. The van der Waals surface area contributed by atoms with Crippen LogP contribution in [0, 0.1) is 0 Å². The van der Waals surface area contributed by atoms with Gasteiger partial charge < -0.3 is 19.9 Å². The molecule has 2 saturated carbocycles. The topological polar surface area (TPSA) is 81.1 Å². The molecule has 2 aliphatic carbocycles. The smallest absolute Gasteiger partial charge is 0.233 e. The van der Waals surface area contributed by atoms with Crippen molar-refractivity contribution in [3.8, 4) is 5.75 Å². The van der Waals surface area contributed by atoms with E-state index in [-0.39, 0.29) is 11.2 Å². The lowest BCUT2D eigenvalue weighted by atomic mass is 9.95. The fourth-order valence-corrected chi connectivity index (χ4v) is 4.83. The Balaban J connectivity index is 1.49. The molecule has 0 spiro atoms. The van der Waals surface area contributed by atoms with Crippen LogP contribution in [0.25, 0.3) is 0 Å². The molecule has 2 aromatic rings. The van der Waals surface area contributed by atoms with Crippen molar-refractivity contribution in [1.82, 2.24) is 20.1 Å². The number of rotatable bonds is 9. The largest absolute Gasteiger partial charge is 0.497 e. The molecule has 30 heavy (non-hydrogen) atoms. The number of aromatic nitrogens is 3. The van der Waals surface area contributed by atoms with E-state index < -0.39 is 0 Å². The van der Waals surface area contributed by atoms with Gasteiger partial charge in [0, 0.05) is 23.8 Å². The van der Waals surface area contributed by atoms with Crippen LogP contribution < -0.4 is 15.4 Å². The summed E-state index contributed by atoms with van der Waals surface area (Å²) in [6, 6.07) is 8.66. The Morgan fingerprint density at radius 2 is 2.03 bits per heavy atom. The van der Waals surface area contributed by atoms with Gasteiger partial charge in [0.25, 0.3) is 0 Å². The molecule has 2 aliphatic rings. The maximum absolute atomic E-state index is 12.4. The highest BCUT2D eigenvalue weighted by Crippen LogP contribution is 2.34. The van der Waals surface area contributed by atoms with Crippen LogP contribution in [0.4, 0.5) is 5.69 Å². The quantitative estimate of drug-likeness (QED) is 0.583. The van der Waals surface area contributed by atoms with E-state index in [4.69, 9.17) is 4.74 Å². The Morgan fingerprint density at radius 1 is 1.23 bits per heavy atom. The molecule has 1 atom stereocenters. The molecule has 2 N–H and O–H groups in total. The minimum atomic E-state index is -0.184. The third-order valence-electron chi connectivity index (χ3n) is 5.77. The van der Waals surface area contributed by atoms with Crippen molar-refractivity contribution in [3.05, 3.63) is 30.1 Å². The van der Waals surface area contributed by atoms with Gasteiger partial charge in [-0.3, -0.25) is 4.79 Å². The molecule has 1 amide bonds. The van der Waals surface area contributed by atoms with Crippen molar-refractivity contribution in [2.24, 2.45) is 0 Å². The van der Waals surface area contributed by atoms with Crippen LogP contribution in [0.2, 0.25) is 0 Å². The molecule has 1 unspecified atom stereocenters. The van der Waals surface area contributed by atoms with Crippen molar-refractivity contribution in [3.63, 3.8) is 0 Å². The molecular formula is C22H31N5O2S. The number of nitrogens with one attached hydrogen (secondary N) is 2. The molecule has 2 fully saturated rings. The highest BCUT2D eigenvalue weighted by Gasteiger charge is 2.29. The van der Waals surface area contributed by atoms with Gasteiger partial charge in [-0.2, -0.15) is 0 Å². The Hall–Kier alpha value is -2.22. The molecule has 0 aliphatic heterocycles. The Morgan fingerprint density at radius 3 is 2.77 bits per heavy atom. The maximum Gasteiger partial charge on any atom is 0.233 e. The lowest BCUT2D eigenvalue weighted by Gasteiger charge is -2.26. The van der Waals surface area contributed by atoms with Gasteiger partial charge in [0.05, 0.1) is 18.9 Å². The molecule has 1 heterocycles. The summed E-state index contributed by atoms with van der Waals surface area (Å²) in [6.45, 7) is 2.54. The number of hydrogen-bond donors (Lipinski definition) is 2. The minimum absolute atomic E-state index is 0.0942. The summed E-state index contributed by atoms with van der Waals surface area (Å²) in [4.78, 5) is 12.4. The van der Waals surface area contributed by atoms with E-state index >= 15 is 0 Å². The fraction of sp³-hybridized carbons (Fsp3) is 0.591. The Kier molecular flexibility index (Phi) is 6.82. The summed E-state index contributed by atoms with van der Waals surface area (Å²) >= 11 is 1.52. The third-order valence-corrected chi connectivity index (χ3v) is 6.83. The molecule has 1 aromatic heterocycles. The standard InChI is InChI=1S/C22H31N5O2S/c1-15(21(28)24-16-11-12-16)30-22-26-25-20(27(22)18-8-4-3-5-9-18)14-23-17-7-6-10-19(13-17)29-2/h6-7,10,13,15-16,18,23H,3-5,8-9,11-12,14H2,1-2H3,(H,24,28). The summed E-state index contributed by atoms with van der Waals surface area (Å²) in [6.07, 6.45) is 8.23. The van der Waals surface area contributed by atoms with Crippen molar-refractivity contribution < 1.29 is 9.53 Å². The van der Waals surface area contributed by atoms with Crippen LogP contribution >= 0.6 is 11.8 Å². The predicted octanol–water partition coefficient (Wildman–Crippen LogP) is 4.16. The number of thioether (sulfide) groups is 1. The number of ether oxygens (including phenoxy) is 1. The first-order chi connectivity index (χ1) is 14.6. The van der Waals surface area contributed by atoms with Crippen LogP contribution in [-0.4, -0.2) is 39.1 Å². The third kappa shape index (κ3) is 5.28. The zero-order valence-corrected chi connectivity index (χ0v) is 18.6. The van der Waals surface area contributed by atoms with Gasteiger partial charge in [-0.05, 0) is 44.7 Å². The molecule has 0 bridgehead atoms. The van der Waals surface area contributed by atoms with Gasteiger partial charge in [-0.15, -0.1) is 10.2 Å². The second-order valence-electron chi connectivity index (χ2n) is 8.19. The van der Waals surface area contributed by atoms with Crippen molar-refractivity contribution >= 4 is 23.4 Å². The van der Waals surface area contributed by atoms with Crippen LogP contribution in [0.5, 0.6) is 5.75 Å². The lowest BCUT2D eigenvalue weighted by Crippen LogP contribution is -2.32. The summed E-state index contributed by atoms with van der Waals surface area (Å²) in [5.41, 5.74) is 0.985. The first kappa shape index (κ1) is 21.0. The normalized spacial score (nSPS) is 18.1.